The number of aryl methyl sites for hydroxylation is 1. The zero-order valence-electron chi connectivity index (χ0n) is 19.5. The first-order chi connectivity index (χ1) is 16.6. The normalized spacial score (nSPS) is 15.6. The number of benzene rings is 1. The third kappa shape index (κ3) is 6.66. The summed E-state index contributed by atoms with van der Waals surface area (Å²) >= 11 is 0. The number of halogens is 3. The van der Waals surface area contributed by atoms with E-state index in [9.17, 15) is 18.0 Å². The van der Waals surface area contributed by atoms with Crippen molar-refractivity contribution in [2.45, 2.75) is 57.2 Å². The quantitative estimate of drug-likeness (QED) is 0.336. The smallest absolute Gasteiger partial charge is 0.422 e. The van der Waals surface area contributed by atoms with Gasteiger partial charge in [0.2, 0.25) is 5.89 Å². The number of ketones is 1. The first-order valence-electron chi connectivity index (χ1n) is 11.3. The minimum Gasteiger partial charge on any atom is -0.484 e. The van der Waals surface area contributed by atoms with E-state index in [-0.39, 0.29) is 30.4 Å². The fourth-order valence-electron chi connectivity index (χ4n) is 3.74. The molecule has 1 aliphatic rings. The molecule has 0 bridgehead atoms. The topological polar surface area (TPSA) is 87.3 Å². The number of rotatable bonds is 11. The molecule has 1 fully saturated rings. The monoisotopic (exact) mass is 489 g/mol. The number of carbonyl (C=O) groups excluding carboxylic acids is 1. The molecule has 2 heterocycles. The summed E-state index contributed by atoms with van der Waals surface area (Å²) in [5.41, 5.74) is 0.622. The van der Waals surface area contributed by atoms with Crippen molar-refractivity contribution in [2.24, 2.45) is 0 Å². The van der Waals surface area contributed by atoms with Crippen LogP contribution >= 0.6 is 0 Å². The van der Waals surface area contributed by atoms with Crippen molar-refractivity contribution in [1.82, 2.24) is 15.1 Å². The maximum atomic E-state index is 13.2. The van der Waals surface area contributed by atoms with E-state index in [0.717, 1.165) is 18.4 Å². The van der Waals surface area contributed by atoms with Gasteiger partial charge in [-0.1, -0.05) is 35.5 Å². The Labute approximate surface area is 200 Å². The van der Waals surface area contributed by atoms with Crippen LogP contribution in [0.25, 0.3) is 0 Å². The highest BCUT2D eigenvalue weighted by Gasteiger charge is 2.37. The number of hydrogen-bond acceptors (Lipinski definition) is 7. The average Bonchev–Trinajstić information content (AvgIpc) is 3.57. The average molecular weight is 489 g/mol. The molecule has 0 N–H and O–H groups in total. The van der Waals surface area contributed by atoms with Crippen LogP contribution in [-0.4, -0.2) is 40.3 Å². The molecule has 1 atom stereocenters. The maximum Gasteiger partial charge on any atom is 0.422 e. The predicted octanol–water partition coefficient (Wildman–Crippen LogP) is 5.34. The first-order valence-corrected chi connectivity index (χ1v) is 11.3. The van der Waals surface area contributed by atoms with Crippen LogP contribution in [0.2, 0.25) is 0 Å². The second kappa shape index (κ2) is 10.2. The minimum atomic E-state index is -4.49. The molecule has 0 radical (unpaired) electrons. The number of alkyl halides is 3. The van der Waals surface area contributed by atoms with Crippen LogP contribution < -0.4 is 4.74 Å². The van der Waals surface area contributed by atoms with Crippen molar-refractivity contribution in [3.05, 3.63) is 71.1 Å². The van der Waals surface area contributed by atoms with Crippen molar-refractivity contribution in [1.29, 1.82) is 0 Å². The summed E-state index contributed by atoms with van der Waals surface area (Å²) in [6, 6.07) is 10.9. The lowest BCUT2D eigenvalue weighted by Crippen LogP contribution is -2.33. The highest BCUT2D eigenvalue weighted by Crippen LogP contribution is 2.44. The van der Waals surface area contributed by atoms with Gasteiger partial charge in [0.05, 0.1) is 18.6 Å². The molecule has 2 aromatic heterocycles. The van der Waals surface area contributed by atoms with Crippen molar-refractivity contribution < 1.29 is 32.0 Å². The molecule has 0 amide bonds. The van der Waals surface area contributed by atoms with Gasteiger partial charge in [0.1, 0.15) is 11.4 Å². The molecule has 3 aromatic rings. The Balaban J connectivity index is 1.52. The fraction of sp³-hybridized carbons (Fsp3) is 0.440. The summed E-state index contributed by atoms with van der Waals surface area (Å²) in [6.45, 7) is 2.43. The molecule has 1 saturated carbocycles. The largest absolute Gasteiger partial charge is 0.484 e. The molecule has 186 valence electrons. The van der Waals surface area contributed by atoms with Gasteiger partial charge in [0, 0.05) is 31.2 Å². The van der Waals surface area contributed by atoms with Crippen LogP contribution in [0.3, 0.4) is 0 Å². The van der Waals surface area contributed by atoms with Crippen molar-refractivity contribution in [2.75, 3.05) is 13.2 Å². The fourth-order valence-corrected chi connectivity index (χ4v) is 3.74. The number of pyridine rings is 1. The highest BCUT2D eigenvalue weighted by molar-refractivity contribution is 5.95. The van der Waals surface area contributed by atoms with Crippen LogP contribution in [0.4, 0.5) is 13.2 Å². The van der Waals surface area contributed by atoms with Gasteiger partial charge < -0.3 is 14.0 Å². The summed E-state index contributed by atoms with van der Waals surface area (Å²) in [6.07, 6.45) is -1.43. The van der Waals surface area contributed by atoms with Crippen LogP contribution in [0.1, 0.15) is 65.4 Å². The third-order valence-corrected chi connectivity index (χ3v) is 5.74. The number of aromatic nitrogens is 3. The van der Waals surface area contributed by atoms with E-state index in [2.05, 4.69) is 15.1 Å². The van der Waals surface area contributed by atoms with Gasteiger partial charge >= 0.3 is 6.18 Å². The summed E-state index contributed by atoms with van der Waals surface area (Å²) in [4.78, 5) is 21.8. The van der Waals surface area contributed by atoms with Crippen LogP contribution in [0.5, 0.6) is 5.75 Å². The third-order valence-electron chi connectivity index (χ3n) is 5.74. The number of hydrogen-bond donors (Lipinski definition) is 0. The Bertz CT molecular complexity index is 1160. The highest BCUT2D eigenvalue weighted by atomic mass is 19.4. The van der Waals surface area contributed by atoms with E-state index in [0.29, 0.717) is 23.9 Å². The van der Waals surface area contributed by atoms with Gasteiger partial charge in [-0.15, -0.1) is 0 Å². The Kier molecular flexibility index (Phi) is 7.20. The zero-order valence-corrected chi connectivity index (χ0v) is 19.5. The molecule has 0 saturated heterocycles. The number of ether oxygens (including phenoxy) is 2. The summed E-state index contributed by atoms with van der Waals surface area (Å²) in [5.74, 6) is 0.406. The van der Waals surface area contributed by atoms with Crippen LogP contribution in [0, 0.1) is 6.92 Å². The second-order valence-electron chi connectivity index (χ2n) is 9.06. The van der Waals surface area contributed by atoms with Gasteiger partial charge in [-0.2, -0.15) is 18.2 Å². The second-order valence-corrected chi connectivity index (χ2v) is 9.06. The van der Waals surface area contributed by atoms with E-state index in [1.165, 1.54) is 12.3 Å². The predicted molar refractivity (Wildman–Crippen MR) is 119 cm³/mol. The number of nitrogens with zero attached hydrogens (tertiary/aromatic N) is 3. The Hall–Kier alpha value is -3.27. The van der Waals surface area contributed by atoms with E-state index >= 15 is 0 Å². The lowest BCUT2D eigenvalue weighted by molar-refractivity contribution is -0.153. The molecular weight excluding hydrogens is 463 g/mol. The summed E-state index contributed by atoms with van der Waals surface area (Å²) in [7, 11) is 0. The Morgan fingerprint density at radius 3 is 2.54 bits per heavy atom. The Morgan fingerprint density at radius 2 is 1.91 bits per heavy atom. The van der Waals surface area contributed by atoms with Gasteiger partial charge in [0.15, 0.2) is 18.2 Å². The van der Waals surface area contributed by atoms with Crippen LogP contribution in [0.15, 0.2) is 47.1 Å². The molecule has 4 rings (SSSR count). The minimum absolute atomic E-state index is 0.0149. The molecule has 10 heteroatoms. The van der Waals surface area contributed by atoms with E-state index in [1.54, 1.807) is 13.8 Å². The van der Waals surface area contributed by atoms with Gasteiger partial charge in [-0.25, -0.2) is 0 Å². The molecule has 0 spiro atoms. The molecule has 35 heavy (non-hydrogen) atoms. The Morgan fingerprint density at radius 1 is 1.17 bits per heavy atom. The standard InChI is InChI=1S/C25H26F3N3O4/c1-16-30-23(31-35-16)24(2,14-33-13-17-6-4-3-5-7-17)11-21(32)20-10-22(34-15-25(26,27)28)19(12-29-20)18-8-9-18/h3-7,10,12,18H,8-9,11,13-15H2,1-2H3. The van der Waals surface area contributed by atoms with Crippen molar-refractivity contribution >= 4 is 5.78 Å². The molecule has 1 aromatic carbocycles. The SMILES string of the molecule is Cc1nc(C(C)(COCc2ccccc2)CC(=O)c2cc(OCC(F)(F)F)c(C3CC3)cn2)no1. The lowest BCUT2D eigenvalue weighted by atomic mass is 9.84. The van der Waals surface area contributed by atoms with Crippen molar-refractivity contribution in [3.8, 4) is 5.75 Å². The molecule has 7 nitrogen and oxygen atoms in total. The van der Waals surface area contributed by atoms with Crippen LogP contribution in [-0.2, 0) is 16.8 Å². The summed E-state index contributed by atoms with van der Waals surface area (Å²) in [5, 5.41) is 3.99. The number of carbonyl (C=O) groups is 1. The molecule has 1 unspecified atom stereocenters. The molecule has 0 aliphatic heterocycles. The number of Topliss-reactive ketones (excluding diaryl/α,β-unsaturated/α-hetero) is 1. The van der Waals surface area contributed by atoms with E-state index in [1.807, 2.05) is 30.3 Å². The van der Waals surface area contributed by atoms with Gasteiger partial charge in [-0.3, -0.25) is 9.78 Å². The molecular formula is C25H26F3N3O4. The summed E-state index contributed by atoms with van der Waals surface area (Å²) < 4.78 is 54.3. The molecule has 1 aliphatic carbocycles. The lowest BCUT2D eigenvalue weighted by Gasteiger charge is -2.25. The van der Waals surface area contributed by atoms with Crippen molar-refractivity contribution in [3.63, 3.8) is 0 Å². The van der Waals surface area contributed by atoms with Gasteiger partial charge in [-0.05, 0) is 31.2 Å². The van der Waals surface area contributed by atoms with E-state index < -0.39 is 24.0 Å². The zero-order chi connectivity index (χ0) is 25.1. The van der Waals surface area contributed by atoms with Gasteiger partial charge in [0.25, 0.3) is 0 Å². The first kappa shape index (κ1) is 24.8. The maximum absolute atomic E-state index is 13.2. The van der Waals surface area contributed by atoms with E-state index in [4.69, 9.17) is 14.0 Å².